The number of halogens is 1. The number of ether oxygens (including phenoxy) is 1. The smallest absolute Gasteiger partial charge is 0.318 e. The fourth-order valence-corrected chi connectivity index (χ4v) is 1.47. The number of hydrogen-bond acceptors (Lipinski definition) is 5. The van der Waals surface area contributed by atoms with Gasteiger partial charge in [0.15, 0.2) is 0 Å². The van der Waals surface area contributed by atoms with Crippen molar-refractivity contribution < 1.29 is 9.15 Å². The Hall–Kier alpha value is -0.810. The van der Waals surface area contributed by atoms with E-state index in [2.05, 4.69) is 24.0 Å². The van der Waals surface area contributed by atoms with E-state index < -0.39 is 0 Å². The monoisotopic (exact) mass is 247 g/mol. The second-order valence-electron chi connectivity index (χ2n) is 3.70. The Labute approximate surface area is 101 Å². The molecule has 0 amide bonds. The van der Waals surface area contributed by atoms with Gasteiger partial charge < -0.3 is 14.1 Å². The Morgan fingerprint density at radius 1 is 1.44 bits per heavy atom. The van der Waals surface area contributed by atoms with E-state index in [0.29, 0.717) is 36.9 Å². The topological polar surface area (TPSA) is 51.4 Å². The number of aryl methyl sites for hydroxylation is 1. The van der Waals surface area contributed by atoms with Crippen LogP contribution in [0.4, 0.5) is 6.01 Å². The third-order valence-corrected chi connectivity index (χ3v) is 2.36. The van der Waals surface area contributed by atoms with Crippen molar-refractivity contribution in [3.05, 3.63) is 5.89 Å². The summed E-state index contributed by atoms with van der Waals surface area (Å²) in [7, 11) is 1.67. The first-order valence-electron chi connectivity index (χ1n) is 5.33. The van der Waals surface area contributed by atoms with Crippen LogP contribution in [0, 0.1) is 0 Å². The van der Waals surface area contributed by atoms with Crippen LogP contribution in [-0.4, -0.2) is 42.4 Å². The van der Waals surface area contributed by atoms with Crippen molar-refractivity contribution in [2.75, 3.05) is 31.0 Å². The molecular weight excluding hydrogens is 230 g/mol. The molecule has 0 aromatic carbocycles. The van der Waals surface area contributed by atoms with Crippen LogP contribution in [0.25, 0.3) is 0 Å². The fourth-order valence-electron chi connectivity index (χ4n) is 1.31. The van der Waals surface area contributed by atoms with Gasteiger partial charge >= 0.3 is 6.01 Å². The van der Waals surface area contributed by atoms with Gasteiger partial charge in [-0.2, -0.15) is 0 Å². The van der Waals surface area contributed by atoms with Gasteiger partial charge in [0.05, 0.1) is 6.61 Å². The van der Waals surface area contributed by atoms with Crippen molar-refractivity contribution >= 4 is 17.6 Å². The van der Waals surface area contributed by atoms with E-state index in [9.17, 15) is 0 Å². The molecule has 1 aromatic heterocycles. The summed E-state index contributed by atoms with van der Waals surface area (Å²) in [6.07, 6.45) is 0.602. The number of anilines is 1. The molecule has 0 aliphatic carbocycles. The maximum absolute atomic E-state index is 5.61. The summed E-state index contributed by atoms with van der Waals surface area (Å²) >= 11 is 5.61. The molecule has 1 heterocycles. The van der Waals surface area contributed by atoms with Gasteiger partial charge in [-0.1, -0.05) is 5.10 Å². The maximum atomic E-state index is 5.61. The third kappa shape index (κ3) is 3.64. The third-order valence-electron chi connectivity index (χ3n) is 2.17. The van der Waals surface area contributed by atoms with Crippen LogP contribution in [0.2, 0.25) is 0 Å². The molecular formula is C10H18ClN3O2. The van der Waals surface area contributed by atoms with E-state index in [1.807, 2.05) is 4.90 Å². The largest absolute Gasteiger partial charge is 0.408 e. The Morgan fingerprint density at radius 2 is 2.19 bits per heavy atom. The lowest BCUT2D eigenvalue weighted by Gasteiger charge is -2.23. The van der Waals surface area contributed by atoms with Crippen molar-refractivity contribution in [2.45, 2.75) is 26.3 Å². The second-order valence-corrected chi connectivity index (χ2v) is 4.08. The molecule has 1 rings (SSSR count). The highest BCUT2D eigenvalue weighted by molar-refractivity contribution is 6.17. The molecule has 92 valence electrons. The lowest BCUT2D eigenvalue weighted by molar-refractivity contribution is 0.202. The second kappa shape index (κ2) is 6.70. The summed E-state index contributed by atoms with van der Waals surface area (Å²) in [5.41, 5.74) is 0. The first-order valence-corrected chi connectivity index (χ1v) is 5.86. The van der Waals surface area contributed by atoms with Crippen molar-refractivity contribution in [3.63, 3.8) is 0 Å². The number of hydrogen-bond donors (Lipinski definition) is 0. The van der Waals surface area contributed by atoms with Gasteiger partial charge in [0.1, 0.15) is 0 Å². The summed E-state index contributed by atoms with van der Waals surface area (Å²) in [5, 5.41) is 7.94. The number of nitrogens with zero attached hydrogens (tertiary/aromatic N) is 3. The van der Waals surface area contributed by atoms with E-state index in [-0.39, 0.29) is 0 Å². The van der Waals surface area contributed by atoms with Gasteiger partial charge in [0, 0.05) is 32.0 Å². The van der Waals surface area contributed by atoms with E-state index >= 15 is 0 Å². The van der Waals surface area contributed by atoms with Crippen molar-refractivity contribution in [2.24, 2.45) is 0 Å². The van der Waals surface area contributed by atoms with Gasteiger partial charge in [0.25, 0.3) is 0 Å². The molecule has 0 aliphatic heterocycles. The van der Waals surface area contributed by atoms with Crippen LogP contribution in [-0.2, 0) is 11.2 Å². The summed E-state index contributed by atoms with van der Waals surface area (Å²) in [6, 6.07) is 0.826. The van der Waals surface area contributed by atoms with Gasteiger partial charge in [-0.3, -0.25) is 0 Å². The van der Waals surface area contributed by atoms with Gasteiger partial charge in [-0.05, 0) is 13.8 Å². The Kier molecular flexibility index (Phi) is 5.55. The highest BCUT2D eigenvalue weighted by atomic mass is 35.5. The minimum Gasteiger partial charge on any atom is -0.408 e. The van der Waals surface area contributed by atoms with E-state index in [1.54, 1.807) is 7.11 Å². The Balaban J connectivity index is 2.68. The summed E-state index contributed by atoms with van der Waals surface area (Å²) < 4.78 is 10.6. The predicted octanol–water partition coefficient (Wildman–Crippen LogP) is 1.71. The van der Waals surface area contributed by atoms with Crippen LogP contribution < -0.4 is 4.90 Å². The van der Waals surface area contributed by atoms with E-state index in [1.165, 1.54) is 0 Å². The number of rotatable bonds is 7. The molecule has 1 aromatic rings. The minimum atomic E-state index is 0.291. The zero-order valence-electron chi connectivity index (χ0n) is 9.94. The number of methoxy groups -OCH3 is 1. The van der Waals surface area contributed by atoms with Crippen LogP contribution in [0.15, 0.2) is 4.42 Å². The molecule has 0 unspecified atom stereocenters. The van der Waals surface area contributed by atoms with Crippen LogP contribution >= 0.6 is 11.6 Å². The summed E-state index contributed by atoms with van der Waals surface area (Å²) in [4.78, 5) is 2.01. The average molecular weight is 248 g/mol. The summed E-state index contributed by atoms with van der Waals surface area (Å²) in [6.45, 7) is 5.50. The molecule has 0 fully saturated rings. The van der Waals surface area contributed by atoms with Crippen molar-refractivity contribution in [1.29, 1.82) is 0 Å². The number of aromatic nitrogens is 2. The summed E-state index contributed by atoms with van der Waals surface area (Å²) in [5.74, 6) is 1.06. The van der Waals surface area contributed by atoms with Crippen LogP contribution in [0.5, 0.6) is 0 Å². The molecule has 0 atom stereocenters. The highest BCUT2D eigenvalue weighted by Gasteiger charge is 2.16. The van der Waals surface area contributed by atoms with Gasteiger partial charge in [-0.25, -0.2) is 0 Å². The zero-order valence-corrected chi connectivity index (χ0v) is 10.7. The van der Waals surface area contributed by atoms with Gasteiger partial charge in [-0.15, -0.1) is 16.7 Å². The SMILES string of the molecule is COCCN(c1nnc(CCCl)o1)C(C)C. The molecule has 16 heavy (non-hydrogen) atoms. The molecule has 6 heteroatoms. The van der Waals surface area contributed by atoms with Crippen LogP contribution in [0.3, 0.4) is 0 Å². The zero-order chi connectivity index (χ0) is 12.0. The van der Waals surface area contributed by atoms with Gasteiger partial charge in [0.2, 0.25) is 5.89 Å². The molecule has 0 saturated heterocycles. The van der Waals surface area contributed by atoms with Crippen molar-refractivity contribution in [1.82, 2.24) is 10.2 Å². The predicted molar refractivity (Wildman–Crippen MR) is 63.1 cm³/mol. The molecule has 0 N–H and O–H groups in total. The highest BCUT2D eigenvalue weighted by Crippen LogP contribution is 2.15. The minimum absolute atomic E-state index is 0.291. The quantitative estimate of drug-likeness (QED) is 0.687. The standard InChI is InChI=1S/C10H18ClN3O2/c1-8(2)14(6-7-15-3)10-13-12-9(16-10)4-5-11/h8H,4-7H2,1-3H3. The molecule has 0 spiro atoms. The maximum Gasteiger partial charge on any atom is 0.318 e. The lowest BCUT2D eigenvalue weighted by atomic mass is 10.3. The first-order chi connectivity index (χ1) is 7.69. The Bertz CT molecular complexity index is 304. The normalized spacial score (nSPS) is 11.1. The Morgan fingerprint density at radius 3 is 2.75 bits per heavy atom. The molecule has 0 aliphatic rings. The first kappa shape index (κ1) is 13.3. The van der Waals surface area contributed by atoms with Crippen LogP contribution in [0.1, 0.15) is 19.7 Å². The lowest BCUT2D eigenvalue weighted by Crippen LogP contribution is -2.34. The van der Waals surface area contributed by atoms with E-state index in [4.69, 9.17) is 20.8 Å². The molecule has 5 nitrogen and oxygen atoms in total. The van der Waals surface area contributed by atoms with Crippen molar-refractivity contribution in [3.8, 4) is 0 Å². The molecule has 0 saturated carbocycles. The van der Waals surface area contributed by atoms with E-state index in [0.717, 1.165) is 6.54 Å². The fraction of sp³-hybridized carbons (Fsp3) is 0.800. The molecule has 0 bridgehead atoms. The average Bonchev–Trinajstić information content (AvgIpc) is 2.67. The number of alkyl halides is 1. The molecule has 0 radical (unpaired) electrons.